The number of ether oxygens (including phenoxy) is 1. The summed E-state index contributed by atoms with van der Waals surface area (Å²) in [5.74, 6) is -1.32. The van der Waals surface area contributed by atoms with Gasteiger partial charge in [0.25, 0.3) is 0 Å². The van der Waals surface area contributed by atoms with Crippen LogP contribution in [0.5, 0.6) is 0 Å². The molecule has 6 heteroatoms. The number of hydrogen-bond donors (Lipinski definition) is 2. The second kappa shape index (κ2) is 6.36. The summed E-state index contributed by atoms with van der Waals surface area (Å²) in [6, 6.07) is 0. The Balaban J connectivity index is 2.79. The number of hydrogen-bond acceptors (Lipinski definition) is 5. The highest BCUT2D eigenvalue weighted by Crippen LogP contribution is 2.33. The monoisotopic (exact) mass is 255 g/mol. The summed E-state index contributed by atoms with van der Waals surface area (Å²) in [5, 5.41) is 28.7. The molecule has 0 bridgehead atoms. The molecule has 0 unspecified atom stereocenters. The quantitative estimate of drug-likeness (QED) is 0.348. The van der Waals surface area contributed by atoms with Gasteiger partial charge in [0.2, 0.25) is 5.39 Å². The molecule has 1 rings (SSSR count). The van der Waals surface area contributed by atoms with Crippen molar-refractivity contribution in [1.29, 1.82) is 5.39 Å². The molecule has 18 heavy (non-hydrogen) atoms. The Bertz CT molecular complexity index is 378. The number of aliphatic hydroxyl groups excluding tert-OH is 1. The number of aliphatic hydroxyl groups is 2. The van der Waals surface area contributed by atoms with Crippen molar-refractivity contribution in [3.63, 3.8) is 0 Å². The Hall–Kier alpha value is -1.61. The second-order valence-corrected chi connectivity index (χ2v) is 4.58. The molecule has 0 aromatic heterocycles. The average molecular weight is 255 g/mol. The van der Waals surface area contributed by atoms with Crippen LogP contribution < -0.4 is 0 Å². The lowest BCUT2D eigenvalue weighted by atomic mass is 9.82. The number of rotatable bonds is 4. The van der Waals surface area contributed by atoms with Gasteiger partial charge in [-0.05, 0) is 19.8 Å². The van der Waals surface area contributed by atoms with Crippen molar-refractivity contribution in [2.24, 2.45) is 0 Å². The fraction of sp³-hybridized carbons (Fsp3) is 0.750. The number of nitrogens with zero attached hydrogens (tertiary/aromatic N) is 2. The zero-order valence-electron chi connectivity index (χ0n) is 10.6. The van der Waals surface area contributed by atoms with Crippen LogP contribution in [0.3, 0.4) is 0 Å². The van der Waals surface area contributed by atoms with Crippen LogP contribution in [0.2, 0.25) is 0 Å². The Morgan fingerprint density at radius 1 is 1.39 bits per heavy atom. The molecule has 1 fully saturated rings. The topological polar surface area (TPSA) is 94.9 Å². The molecule has 2 N–H and O–H groups in total. The van der Waals surface area contributed by atoms with Gasteiger partial charge in [0.15, 0.2) is 10.7 Å². The van der Waals surface area contributed by atoms with Gasteiger partial charge in [-0.3, -0.25) is 0 Å². The highest BCUT2D eigenvalue weighted by atomic mass is 16.5. The number of carbonyl (C=O) groups is 1. The molecule has 0 amide bonds. The van der Waals surface area contributed by atoms with Crippen LogP contribution in [0.1, 0.15) is 45.4 Å². The molecule has 1 aliphatic carbocycles. The van der Waals surface area contributed by atoms with Crippen molar-refractivity contribution in [2.75, 3.05) is 6.61 Å². The first-order chi connectivity index (χ1) is 8.52. The summed E-state index contributed by atoms with van der Waals surface area (Å²) < 4.78 is 4.65. The second-order valence-electron chi connectivity index (χ2n) is 4.58. The predicted octanol–water partition coefficient (Wildman–Crippen LogP) is 2.26. The summed E-state index contributed by atoms with van der Waals surface area (Å²) in [7, 11) is 0. The van der Waals surface area contributed by atoms with Crippen molar-refractivity contribution >= 4 is 5.97 Å². The predicted molar refractivity (Wildman–Crippen MR) is 64.0 cm³/mol. The minimum atomic E-state index is -1.02. The van der Waals surface area contributed by atoms with Crippen LogP contribution in [-0.4, -0.2) is 28.4 Å². The molecule has 0 aliphatic heterocycles. The molecular formula is C12H19N2O4+. The third-order valence-corrected chi connectivity index (χ3v) is 3.12. The highest BCUT2D eigenvalue weighted by Gasteiger charge is 2.37. The molecule has 0 spiro atoms. The normalized spacial score (nSPS) is 19.6. The van der Waals surface area contributed by atoms with Crippen LogP contribution in [0, 0.1) is 5.39 Å². The van der Waals surface area contributed by atoms with E-state index in [1.165, 1.54) is 0 Å². The Morgan fingerprint density at radius 3 is 2.50 bits per heavy atom. The first-order valence-electron chi connectivity index (χ1n) is 6.19. The number of carbonyl (C=O) groups excluding carboxylic acids is 1. The van der Waals surface area contributed by atoms with Crippen LogP contribution in [0.4, 0.5) is 0 Å². The molecule has 0 aromatic carbocycles. The third kappa shape index (κ3) is 3.70. The lowest BCUT2D eigenvalue weighted by Gasteiger charge is -2.31. The van der Waals surface area contributed by atoms with E-state index in [0.717, 1.165) is 19.3 Å². The van der Waals surface area contributed by atoms with Crippen LogP contribution in [-0.2, 0) is 9.53 Å². The molecule has 6 nitrogen and oxygen atoms in total. The Kier molecular flexibility index (Phi) is 5.10. The summed E-state index contributed by atoms with van der Waals surface area (Å²) in [4.78, 5) is 14.1. The van der Waals surface area contributed by atoms with E-state index in [0.29, 0.717) is 12.8 Å². The van der Waals surface area contributed by atoms with Gasteiger partial charge in [-0.15, -0.1) is 0 Å². The van der Waals surface area contributed by atoms with E-state index in [1.807, 2.05) is 0 Å². The lowest BCUT2D eigenvalue weighted by molar-refractivity contribution is -0.138. The van der Waals surface area contributed by atoms with E-state index in [-0.39, 0.29) is 13.0 Å². The molecule has 0 saturated heterocycles. The van der Waals surface area contributed by atoms with Crippen molar-refractivity contribution < 1.29 is 19.7 Å². The first kappa shape index (κ1) is 14.5. The van der Waals surface area contributed by atoms with Gasteiger partial charge in [-0.2, -0.15) is 0 Å². The maximum absolute atomic E-state index is 11.4. The molecule has 0 heterocycles. The lowest BCUT2D eigenvalue weighted by Crippen LogP contribution is -2.32. The van der Waals surface area contributed by atoms with Gasteiger partial charge < -0.3 is 14.9 Å². The Labute approximate surface area is 106 Å². The average Bonchev–Trinajstić information content (AvgIpc) is 2.30. The van der Waals surface area contributed by atoms with Crippen molar-refractivity contribution in [3.05, 3.63) is 16.4 Å². The fourth-order valence-electron chi connectivity index (χ4n) is 2.20. The summed E-state index contributed by atoms with van der Waals surface area (Å²) in [5.41, 5.74) is -1.55. The van der Waals surface area contributed by atoms with Gasteiger partial charge in [0.05, 0.1) is 12.2 Å². The molecular weight excluding hydrogens is 236 g/mol. The number of diazo groups is 1. The van der Waals surface area contributed by atoms with Crippen LogP contribution >= 0.6 is 0 Å². The SMILES string of the molecule is CCOC(=O)/C([N+]#N)=C(\O)CC1(O)CCCCC1. The van der Waals surface area contributed by atoms with Gasteiger partial charge in [-0.1, -0.05) is 19.3 Å². The minimum Gasteiger partial charge on any atom is -0.505 e. The summed E-state index contributed by atoms with van der Waals surface area (Å²) >= 11 is 0. The van der Waals surface area contributed by atoms with Gasteiger partial charge in [0.1, 0.15) is 0 Å². The van der Waals surface area contributed by atoms with E-state index in [9.17, 15) is 15.0 Å². The van der Waals surface area contributed by atoms with Crippen LogP contribution in [0.25, 0.3) is 4.98 Å². The molecule has 0 aromatic rings. The van der Waals surface area contributed by atoms with Crippen molar-refractivity contribution in [1.82, 2.24) is 0 Å². The van der Waals surface area contributed by atoms with Gasteiger partial charge in [-0.25, -0.2) is 4.79 Å². The first-order valence-corrected chi connectivity index (χ1v) is 6.19. The summed E-state index contributed by atoms with van der Waals surface area (Å²) in [6.45, 7) is 1.73. The molecule has 0 atom stereocenters. The van der Waals surface area contributed by atoms with Crippen molar-refractivity contribution in [2.45, 2.75) is 51.0 Å². The largest absolute Gasteiger partial charge is 0.505 e. The number of esters is 1. The maximum atomic E-state index is 11.4. The third-order valence-electron chi connectivity index (χ3n) is 3.12. The minimum absolute atomic E-state index is 0.0921. The zero-order chi connectivity index (χ0) is 13.6. The van der Waals surface area contributed by atoms with E-state index in [2.05, 4.69) is 9.71 Å². The van der Waals surface area contributed by atoms with Gasteiger partial charge >= 0.3 is 11.7 Å². The standard InChI is InChI=1S/C12H18N2O4/c1-2-18-11(16)10(14-13)9(15)8-12(17)6-4-3-5-7-12/h17H,2-8H2,1H3/p+1. The van der Waals surface area contributed by atoms with E-state index >= 15 is 0 Å². The molecule has 1 aliphatic rings. The molecule has 100 valence electrons. The van der Waals surface area contributed by atoms with E-state index in [1.54, 1.807) is 6.92 Å². The fourth-order valence-corrected chi connectivity index (χ4v) is 2.20. The molecule has 0 radical (unpaired) electrons. The van der Waals surface area contributed by atoms with Gasteiger partial charge in [0, 0.05) is 6.42 Å². The van der Waals surface area contributed by atoms with Crippen molar-refractivity contribution in [3.8, 4) is 0 Å². The Morgan fingerprint density at radius 2 is 2.00 bits per heavy atom. The maximum Gasteiger partial charge on any atom is 0.505 e. The zero-order valence-corrected chi connectivity index (χ0v) is 10.6. The smallest absolute Gasteiger partial charge is 0.505 e. The molecule has 1 saturated carbocycles. The van der Waals surface area contributed by atoms with Crippen LogP contribution in [0.15, 0.2) is 11.5 Å². The van der Waals surface area contributed by atoms with E-state index < -0.39 is 23.0 Å². The summed E-state index contributed by atoms with van der Waals surface area (Å²) in [6.07, 6.45) is 3.87. The highest BCUT2D eigenvalue weighted by molar-refractivity contribution is 5.90. The van der Waals surface area contributed by atoms with E-state index in [4.69, 9.17) is 5.39 Å².